The molecule has 9 heteroatoms. The van der Waals surface area contributed by atoms with Crippen LogP contribution in [0.1, 0.15) is 56.2 Å². The van der Waals surface area contributed by atoms with E-state index in [9.17, 15) is 0 Å². The second kappa shape index (κ2) is 7.42. The number of nitrogens with zero attached hydrogens (tertiary/aromatic N) is 6. The molecule has 0 radical (unpaired) electrons. The summed E-state index contributed by atoms with van der Waals surface area (Å²) >= 11 is 0. The Bertz CT molecular complexity index is 978. The van der Waals surface area contributed by atoms with Crippen molar-refractivity contribution in [2.45, 2.75) is 44.7 Å². The number of hydrogen-bond donors (Lipinski definition) is 1. The van der Waals surface area contributed by atoms with Gasteiger partial charge in [-0.1, -0.05) is 5.16 Å². The summed E-state index contributed by atoms with van der Waals surface area (Å²) in [4.78, 5) is 11.9. The van der Waals surface area contributed by atoms with Crippen LogP contribution in [0.4, 0.5) is 0 Å². The molecule has 1 unspecified atom stereocenters. The molecule has 5 rings (SSSR count). The molecular weight excluding hydrogens is 378 g/mol. The first-order chi connectivity index (χ1) is 13.1. The van der Waals surface area contributed by atoms with Crippen LogP contribution in [0.2, 0.25) is 0 Å². The summed E-state index contributed by atoms with van der Waals surface area (Å²) in [5.41, 5.74) is 2.95. The number of piperazine rings is 1. The molecule has 150 valence electrons. The fourth-order valence-corrected chi connectivity index (χ4v) is 3.75. The van der Waals surface area contributed by atoms with E-state index in [4.69, 9.17) is 14.5 Å². The third-order valence-corrected chi connectivity index (χ3v) is 5.55. The molecule has 4 heterocycles. The van der Waals surface area contributed by atoms with E-state index in [1.807, 2.05) is 10.9 Å². The highest BCUT2D eigenvalue weighted by molar-refractivity contribution is 5.90. The van der Waals surface area contributed by atoms with Crippen LogP contribution in [0.5, 0.6) is 0 Å². The van der Waals surface area contributed by atoms with E-state index in [2.05, 4.69) is 47.4 Å². The summed E-state index contributed by atoms with van der Waals surface area (Å²) in [7, 11) is 2.10. The topological polar surface area (TPSA) is 84.9 Å². The van der Waals surface area contributed by atoms with Gasteiger partial charge in [0.2, 0.25) is 0 Å². The molecule has 3 aromatic heterocycles. The molecule has 28 heavy (non-hydrogen) atoms. The minimum absolute atomic E-state index is 0. The number of aromatic nitrogens is 5. The van der Waals surface area contributed by atoms with Gasteiger partial charge in [-0.05, 0) is 39.8 Å². The largest absolute Gasteiger partial charge is 0.334 e. The standard InChI is InChI=1S/C19H25N7O.ClH/c1-11(2)26-18-14(9-21-26)13(8-15(22-18)12-4-5-12)19-23-17(24-27-19)16-10-20-6-7-25(16)3;/h8-9,11-12,16,20H,4-7,10H2,1-3H3;1H. The molecule has 2 aliphatic rings. The second-order valence-corrected chi connectivity index (χ2v) is 7.95. The quantitative estimate of drug-likeness (QED) is 0.716. The van der Waals surface area contributed by atoms with Crippen LogP contribution in [0.15, 0.2) is 16.8 Å². The highest BCUT2D eigenvalue weighted by atomic mass is 35.5. The van der Waals surface area contributed by atoms with Crippen LogP contribution >= 0.6 is 12.4 Å². The summed E-state index contributed by atoms with van der Waals surface area (Å²) in [6, 6.07) is 2.50. The van der Waals surface area contributed by atoms with Gasteiger partial charge in [0, 0.05) is 37.3 Å². The van der Waals surface area contributed by atoms with E-state index in [1.54, 1.807) is 0 Å². The van der Waals surface area contributed by atoms with E-state index in [1.165, 1.54) is 12.8 Å². The molecule has 3 aromatic rings. The fraction of sp³-hybridized carbons (Fsp3) is 0.579. The Balaban J connectivity index is 0.00000192. The van der Waals surface area contributed by atoms with Gasteiger partial charge in [-0.25, -0.2) is 9.67 Å². The summed E-state index contributed by atoms with van der Waals surface area (Å²) in [5, 5.41) is 13.2. The zero-order valence-electron chi connectivity index (χ0n) is 16.4. The molecule has 2 fully saturated rings. The Labute approximate surface area is 170 Å². The summed E-state index contributed by atoms with van der Waals surface area (Å²) in [6.07, 6.45) is 4.26. The van der Waals surface area contributed by atoms with Crippen molar-refractivity contribution in [1.29, 1.82) is 0 Å². The Morgan fingerprint density at radius 3 is 2.79 bits per heavy atom. The summed E-state index contributed by atoms with van der Waals surface area (Å²) < 4.78 is 7.68. The van der Waals surface area contributed by atoms with Crippen LogP contribution in [0.25, 0.3) is 22.5 Å². The Kier molecular flexibility index (Phi) is 5.11. The lowest BCUT2D eigenvalue weighted by molar-refractivity contribution is 0.190. The van der Waals surface area contributed by atoms with Crippen molar-refractivity contribution >= 4 is 23.4 Å². The number of pyridine rings is 1. The smallest absolute Gasteiger partial charge is 0.258 e. The van der Waals surface area contributed by atoms with Crippen molar-refractivity contribution in [2.75, 3.05) is 26.7 Å². The molecule has 0 bridgehead atoms. The second-order valence-electron chi connectivity index (χ2n) is 7.95. The van der Waals surface area contributed by atoms with Gasteiger partial charge in [-0.2, -0.15) is 10.1 Å². The predicted molar refractivity (Wildman–Crippen MR) is 109 cm³/mol. The average molecular weight is 404 g/mol. The lowest BCUT2D eigenvalue weighted by atomic mass is 10.1. The van der Waals surface area contributed by atoms with Crippen molar-refractivity contribution in [3.8, 4) is 11.5 Å². The maximum atomic E-state index is 5.70. The summed E-state index contributed by atoms with van der Waals surface area (Å²) in [6.45, 7) is 7.03. The summed E-state index contributed by atoms with van der Waals surface area (Å²) in [5.74, 6) is 1.83. The van der Waals surface area contributed by atoms with Gasteiger partial charge in [0.05, 0.1) is 23.2 Å². The number of likely N-dealkylation sites (N-methyl/N-ethyl adjacent to an activating group) is 1. The SMILES string of the molecule is CC(C)n1ncc2c(-c3nc(C4CNCCN4C)no3)cc(C3CC3)nc21.Cl. The van der Waals surface area contributed by atoms with E-state index in [0.717, 1.165) is 47.7 Å². The van der Waals surface area contributed by atoms with Gasteiger partial charge >= 0.3 is 0 Å². The molecule has 1 saturated carbocycles. The Morgan fingerprint density at radius 2 is 2.07 bits per heavy atom. The maximum absolute atomic E-state index is 5.70. The normalized spacial score (nSPS) is 20.6. The van der Waals surface area contributed by atoms with Gasteiger partial charge in [-0.3, -0.25) is 4.90 Å². The molecule has 1 saturated heterocycles. The van der Waals surface area contributed by atoms with E-state index in [-0.39, 0.29) is 24.5 Å². The van der Waals surface area contributed by atoms with Crippen molar-refractivity contribution < 1.29 is 4.52 Å². The molecule has 0 amide bonds. The predicted octanol–water partition coefficient (Wildman–Crippen LogP) is 2.94. The van der Waals surface area contributed by atoms with Crippen LogP contribution in [-0.4, -0.2) is 56.5 Å². The minimum Gasteiger partial charge on any atom is -0.334 e. The molecule has 1 N–H and O–H groups in total. The third-order valence-electron chi connectivity index (χ3n) is 5.55. The number of halogens is 1. The molecule has 1 aliphatic carbocycles. The first-order valence-corrected chi connectivity index (χ1v) is 9.75. The first-order valence-electron chi connectivity index (χ1n) is 9.75. The maximum Gasteiger partial charge on any atom is 0.258 e. The Hall–Kier alpha value is -2.03. The van der Waals surface area contributed by atoms with Crippen molar-refractivity contribution in [3.63, 3.8) is 0 Å². The first kappa shape index (κ1) is 19.3. The molecule has 8 nitrogen and oxygen atoms in total. The van der Waals surface area contributed by atoms with Crippen molar-refractivity contribution in [1.82, 2.24) is 35.1 Å². The zero-order valence-corrected chi connectivity index (χ0v) is 17.2. The minimum atomic E-state index is 0. The zero-order chi connectivity index (χ0) is 18.5. The van der Waals surface area contributed by atoms with Gasteiger partial charge in [0.1, 0.15) is 0 Å². The Morgan fingerprint density at radius 1 is 1.25 bits per heavy atom. The number of rotatable bonds is 4. The van der Waals surface area contributed by atoms with Gasteiger partial charge in [-0.15, -0.1) is 12.4 Å². The average Bonchev–Trinajstić information content (AvgIpc) is 3.24. The van der Waals surface area contributed by atoms with E-state index < -0.39 is 0 Å². The van der Waals surface area contributed by atoms with Gasteiger partial charge in [0.15, 0.2) is 11.5 Å². The number of hydrogen-bond acceptors (Lipinski definition) is 7. The van der Waals surface area contributed by atoms with Crippen LogP contribution in [0, 0.1) is 0 Å². The number of fused-ring (bicyclic) bond motifs is 1. The molecule has 0 aromatic carbocycles. The number of nitrogens with one attached hydrogen (secondary N) is 1. The lowest BCUT2D eigenvalue weighted by Gasteiger charge is -2.30. The highest BCUT2D eigenvalue weighted by Gasteiger charge is 2.30. The van der Waals surface area contributed by atoms with E-state index >= 15 is 0 Å². The van der Waals surface area contributed by atoms with Gasteiger partial charge < -0.3 is 9.84 Å². The third kappa shape index (κ3) is 3.29. The fourth-order valence-electron chi connectivity index (χ4n) is 3.75. The van der Waals surface area contributed by atoms with Crippen LogP contribution < -0.4 is 5.32 Å². The van der Waals surface area contributed by atoms with Crippen molar-refractivity contribution in [3.05, 3.63) is 23.8 Å². The lowest BCUT2D eigenvalue weighted by Crippen LogP contribution is -2.44. The molecule has 1 aliphatic heterocycles. The molecular formula is C19H26ClN7O. The van der Waals surface area contributed by atoms with Crippen LogP contribution in [0.3, 0.4) is 0 Å². The van der Waals surface area contributed by atoms with E-state index in [0.29, 0.717) is 11.8 Å². The monoisotopic (exact) mass is 403 g/mol. The van der Waals surface area contributed by atoms with Crippen molar-refractivity contribution in [2.24, 2.45) is 0 Å². The van der Waals surface area contributed by atoms with Crippen LogP contribution in [-0.2, 0) is 0 Å². The molecule has 0 spiro atoms. The highest BCUT2D eigenvalue weighted by Crippen LogP contribution is 2.42. The molecule has 1 atom stereocenters. The van der Waals surface area contributed by atoms with Gasteiger partial charge in [0.25, 0.3) is 5.89 Å².